The summed E-state index contributed by atoms with van der Waals surface area (Å²) in [5, 5.41) is 14.6. The van der Waals surface area contributed by atoms with Gasteiger partial charge in [-0.15, -0.1) is 10.2 Å². The molecule has 0 unspecified atom stereocenters. The molecule has 1 fully saturated rings. The van der Waals surface area contributed by atoms with Crippen molar-refractivity contribution in [2.75, 3.05) is 6.61 Å². The van der Waals surface area contributed by atoms with E-state index in [-0.39, 0.29) is 0 Å². The molecular weight excluding hydrogens is 500 g/mol. The second-order valence-corrected chi connectivity index (χ2v) is 10.5. The minimum atomic E-state index is 0.548. The number of nitrogens with one attached hydrogen (secondary N) is 1. The minimum Gasteiger partial charge on any atom is -0.465 e. The summed E-state index contributed by atoms with van der Waals surface area (Å²) in [5.41, 5.74) is 9.42. The maximum atomic E-state index is 6.01. The maximum Gasteiger partial charge on any atom is 0.297 e. The topological polar surface area (TPSA) is 99.3 Å². The fourth-order valence-electron chi connectivity index (χ4n) is 5.30. The lowest BCUT2D eigenvalue weighted by Crippen LogP contribution is -2.05. The highest BCUT2D eigenvalue weighted by atomic mass is 16.5. The molecule has 9 nitrogen and oxygen atoms in total. The molecule has 0 saturated heterocycles. The van der Waals surface area contributed by atoms with Crippen molar-refractivity contribution < 1.29 is 4.74 Å². The zero-order valence-corrected chi connectivity index (χ0v) is 22.6. The number of aryl methyl sites for hydroxylation is 1. The van der Waals surface area contributed by atoms with E-state index in [0.29, 0.717) is 25.0 Å². The van der Waals surface area contributed by atoms with Crippen LogP contribution in [0.2, 0.25) is 0 Å². The Morgan fingerprint density at radius 1 is 1.00 bits per heavy atom. The lowest BCUT2D eigenvalue weighted by Gasteiger charge is -2.12. The summed E-state index contributed by atoms with van der Waals surface area (Å²) in [6, 6.07) is 21.7. The number of imidazole rings is 2. The first-order chi connectivity index (χ1) is 19.7. The second-order valence-electron chi connectivity index (χ2n) is 10.5. The van der Waals surface area contributed by atoms with Gasteiger partial charge in [0.1, 0.15) is 0 Å². The van der Waals surface area contributed by atoms with E-state index in [1.165, 1.54) is 12.8 Å². The number of benzene rings is 3. The lowest BCUT2D eigenvalue weighted by molar-refractivity contribution is 0.301. The van der Waals surface area contributed by atoms with Crippen molar-refractivity contribution in [1.82, 2.24) is 39.7 Å². The lowest BCUT2D eigenvalue weighted by atomic mass is 9.98. The summed E-state index contributed by atoms with van der Waals surface area (Å²) >= 11 is 0. The molecule has 1 aliphatic rings. The molecule has 9 heteroatoms. The molecule has 40 heavy (non-hydrogen) atoms. The van der Waals surface area contributed by atoms with Gasteiger partial charge in [-0.2, -0.15) is 10.2 Å². The van der Waals surface area contributed by atoms with E-state index in [4.69, 9.17) is 14.7 Å². The smallest absolute Gasteiger partial charge is 0.297 e. The average molecular weight is 531 g/mol. The predicted octanol–water partition coefficient (Wildman–Crippen LogP) is 5.91. The Morgan fingerprint density at radius 3 is 2.58 bits per heavy atom. The van der Waals surface area contributed by atoms with Crippen molar-refractivity contribution in [1.29, 1.82) is 0 Å². The first-order valence-corrected chi connectivity index (χ1v) is 13.7. The molecule has 0 amide bonds. The summed E-state index contributed by atoms with van der Waals surface area (Å²) in [7, 11) is 0. The molecule has 6 aromatic rings. The van der Waals surface area contributed by atoms with Gasteiger partial charge in [0.05, 0.1) is 36.2 Å². The Kier molecular flexibility index (Phi) is 6.11. The molecule has 0 aliphatic heterocycles. The minimum absolute atomic E-state index is 0.548. The highest BCUT2D eigenvalue weighted by molar-refractivity contribution is 5.86. The highest BCUT2D eigenvalue weighted by Crippen LogP contribution is 2.34. The standard InChI is InChI=1S/C31H30N8O/c1-3-40-31-33-29-20(2)14-24(27-18-38(19-32-27)16-21-8-9-21)15-28(29)39(31)17-22-10-12-23(13-11-22)25-6-4-5-7-26(25)30-34-36-37-35-30/h4-7,10-15,18-19,21H,3,8-9,16-17H2,1-2H3,(H,34,35,36,37). The van der Waals surface area contributed by atoms with E-state index >= 15 is 0 Å². The summed E-state index contributed by atoms with van der Waals surface area (Å²) < 4.78 is 10.4. The molecule has 0 atom stereocenters. The fourth-order valence-corrected chi connectivity index (χ4v) is 5.30. The van der Waals surface area contributed by atoms with Crippen molar-refractivity contribution >= 4 is 11.0 Å². The van der Waals surface area contributed by atoms with Gasteiger partial charge in [0.25, 0.3) is 6.01 Å². The van der Waals surface area contributed by atoms with Gasteiger partial charge in [-0.05, 0) is 72.2 Å². The summed E-state index contributed by atoms with van der Waals surface area (Å²) in [6.07, 6.45) is 6.76. The van der Waals surface area contributed by atoms with E-state index in [1.807, 2.05) is 31.5 Å². The third kappa shape index (κ3) is 4.64. The molecule has 1 N–H and O–H groups in total. The van der Waals surface area contributed by atoms with Gasteiger partial charge < -0.3 is 9.30 Å². The predicted molar refractivity (Wildman–Crippen MR) is 154 cm³/mol. The molecule has 1 aliphatic carbocycles. The van der Waals surface area contributed by atoms with Gasteiger partial charge >= 0.3 is 0 Å². The second kappa shape index (κ2) is 10.1. The SMILES string of the molecule is CCOc1nc2c(C)cc(-c3cn(CC4CC4)cn3)cc2n1Cc1ccc(-c2ccccc2-c2nn[nH]n2)cc1. The van der Waals surface area contributed by atoms with Crippen LogP contribution in [0.25, 0.3) is 44.8 Å². The van der Waals surface area contributed by atoms with Gasteiger partial charge in [0, 0.05) is 23.9 Å². The Labute approximate surface area is 231 Å². The quantitative estimate of drug-likeness (QED) is 0.249. The Balaban J connectivity index is 1.23. The van der Waals surface area contributed by atoms with Gasteiger partial charge in [-0.1, -0.05) is 48.5 Å². The van der Waals surface area contributed by atoms with Crippen LogP contribution in [-0.4, -0.2) is 46.3 Å². The molecule has 0 bridgehead atoms. The Hall–Kier alpha value is -4.79. The molecule has 3 aromatic carbocycles. The van der Waals surface area contributed by atoms with Crippen LogP contribution in [0.4, 0.5) is 0 Å². The number of tetrazole rings is 1. The number of hydrogen-bond donors (Lipinski definition) is 1. The van der Waals surface area contributed by atoms with Crippen LogP contribution in [0.5, 0.6) is 6.01 Å². The molecular formula is C31H30N8O. The highest BCUT2D eigenvalue weighted by Gasteiger charge is 2.22. The van der Waals surface area contributed by atoms with Crippen LogP contribution in [-0.2, 0) is 13.1 Å². The first-order valence-electron chi connectivity index (χ1n) is 13.7. The number of aromatic nitrogens is 8. The summed E-state index contributed by atoms with van der Waals surface area (Å²) in [6.45, 7) is 6.33. The Morgan fingerprint density at radius 2 is 1.82 bits per heavy atom. The van der Waals surface area contributed by atoms with E-state index in [9.17, 15) is 0 Å². The van der Waals surface area contributed by atoms with Crippen LogP contribution >= 0.6 is 0 Å². The molecule has 1 saturated carbocycles. The number of ether oxygens (including phenoxy) is 1. The maximum absolute atomic E-state index is 6.01. The van der Waals surface area contributed by atoms with Gasteiger partial charge in [0.15, 0.2) is 0 Å². The molecule has 0 radical (unpaired) electrons. The summed E-state index contributed by atoms with van der Waals surface area (Å²) in [5.74, 6) is 1.38. The van der Waals surface area contributed by atoms with Crippen molar-refractivity contribution in [3.8, 4) is 39.8 Å². The van der Waals surface area contributed by atoms with Crippen molar-refractivity contribution in [2.45, 2.75) is 39.8 Å². The Bertz CT molecular complexity index is 1780. The van der Waals surface area contributed by atoms with Gasteiger partial charge in [-0.3, -0.25) is 4.57 Å². The van der Waals surface area contributed by atoms with E-state index in [0.717, 1.165) is 62.6 Å². The number of hydrogen-bond acceptors (Lipinski definition) is 6. The largest absolute Gasteiger partial charge is 0.465 e. The monoisotopic (exact) mass is 530 g/mol. The number of rotatable bonds is 9. The number of aromatic amines is 1. The van der Waals surface area contributed by atoms with Gasteiger partial charge in [-0.25, -0.2) is 4.98 Å². The van der Waals surface area contributed by atoms with E-state index in [2.05, 4.69) is 85.3 Å². The zero-order chi connectivity index (χ0) is 27.1. The van der Waals surface area contributed by atoms with E-state index in [1.54, 1.807) is 0 Å². The molecule has 200 valence electrons. The average Bonchev–Trinajstić information content (AvgIpc) is 3.31. The molecule has 7 rings (SSSR count). The third-order valence-electron chi connectivity index (χ3n) is 7.50. The third-order valence-corrected chi connectivity index (χ3v) is 7.50. The van der Waals surface area contributed by atoms with E-state index < -0.39 is 0 Å². The number of H-pyrrole nitrogens is 1. The first kappa shape index (κ1) is 24.3. The van der Waals surface area contributed by atoms with Crippen molar-refractivity contribution in [3.05, 3.63) is 84.3 Å². The van der Waals surface area contributed by atoms with Crippen LogP contribution in [0.1, 0.15) is 30.9 Å². The normalized spacial score (nSPS) is 13.2. The van der Waals surface area contributed by atoms with Crippen LogP contribution in [0, 0.1) is 12.8 Å². The number of nitrogens with zero attached hydrogens (tertiary/aromatic N) is 7. The number of fused-ring (bicyclic) bond motifs is 1. The molecule has 3 aromatic heterocycles. The van der Waals surface area contributed by atoms with Crippen molar-refractivity contribution in [3.63, 3.8) is 0 Å². The van der Waals surface area contributed by atoms with Crippen LogP contribution in [0.3, 0.4) is 0 Å². The van der Waals surface area contributed by atoms with Gasteiger partial charge in [0.2, 0.25) is 5.82 Å². The molecule has 0 spiro atoms. The summed E-state index contributed by atoms with van der Waals surface area (Å²) in [4.78, 5) is 9.61. The van der Waals surface area contributed by atoms with Crippen LogP contribution < -0.4 is 4.74 Å². The zero-order valence-electron chi connectivity index (χ0n) is 22.6. The van der Waals surface area contributed by atoms with Crippen molar-refractivity contribution in [2.24, 2.45) is 5.92 Å². The van der Waals surface area contributed by atoms with Crippen LogP contribution in [0.15, 0.2) is 73.2 Å². The fraction of sp³-hybridized carbons (Fsp3) is 0.258. The molecule has 3 heterocycles.